The first-order valence-corrected chi connectivity index (χ1v) is 7.66. The number of carbonyl (C=O) groups excluding carboxylic acids is 2. The smallest absolute Gasteiger partial charge is 0.313 e. The van der Waals surface area contributed by atoms with Gasteiger partial charge >= 0.3 is 5.97 Å². The van der Waals surface area contributed by atoms with Crippen molar-refractivity contribution in [1.29, 1.82) is 0 Å². The zero-order valence-corrected chi connectivity index (χ0v) is 12.4. The molecule has 21 heavy (non-hydrogen) atoms. The Morgan fingerprint density at radius 2 is 2.19 bits per heavy atom. The number of halogens is 1. The molecule has 0 saturated heterocycles. The minimum Gasteiger partial charge on any atom is -0.492 e. The number of Topliss-reactive ketones (excluding diaryl/α,β-unsaturated/α-hetero) is 1. The van der Waals surface area contributed by atoms with Crippen LogP contribution in [0.4, 0.5) is 0 Å². The lowest BCUT2D eigenvalue weighted by Gasteiger charge is -2.27. The lowest BCUT2D eigenvalue weighted by molar-refractivity contribution is -0.161. The fourth-order valence-corrected chi connectivity index (χ4v) is 3.02. The summed E-state index contributed by atoms with van der Waals surface area (Å²) in [6.45, 7) is 0.286. The summed E-state index contributed by atoms with van der Waals surface area (Å²) in [4.78, 5) is 23.9. The third-order valence-electron chi connectivity index (χ3n) is 4.02. The van der Waals surface area contributed by atoms with Gasteiger partial charge in [0, 0.05) is 11.4 Å². The van der Waals surface area contributed by atoms with E-state index in [0.29, 0.717) is 24.3 Å². The number of rotatable bonds is 2. The van der Waals surface area contributed by atoms with Gasteiger partial charge in [0.15, 0.2) is 11.9 Å². The summed E-state index contributed by atoms with van der Waals surface area (Å²) in [5, 5.41) is 0.619. The van der Waals surface area contributed by atoms with Gasteiger partial charge in [-0.05, 0) is 49.4 Å². The number of fused-ring (bicyclic) bond motifs is 1. The molecule has 1 aliphatic heterocycles. The van der Waals surface area contributed by atoms with Crippen molar-refractivity contribution in [2.75, 3.05) is 6.61 Å². The molecule has 4 nitrogen and oxygen atoms in total. The average Bonchev–Trinajstić information content (AvgIpc) is 2.48. The van der Waals surface area contributed by atoms with E-state index in [-0.39, 0.29) is 24.3 Å². The number of ether oxygens (including phenoxy) is 2. The third kappa shape index (κ3) is 3.21. The van der Waals surface area contributed by atoms with E-state index in [1.165, 1.54) is 0 Å². The van der Waals surface area contributed by atoms with Crippen LogP contribution in [-0.2, 0) is 20.7 Å². The molecular weight excluding hydrogens is 292 g/mol. The monoisotopic (exact) mass is 308 g/mol. The lowest BCUT2D eigenvalue weighted by Crippen LogP contribution is -2.36. The molecule has 0 N–H and O–H groups in total. The van der Waals surface area contributed by atoms with Gasteiger partial charge in [0.1, 0.15) is 12.4 Å². The largest absolute Gasteiger partial charge is 0.492 e. The summed E-state index contributed by atoms with van der Waals surface area (Å²) in [5.41, 5.74) is 0.908. The Morgan fingerprint density at radius 3 is 3.00 bits per heavy atom. The van der Waals surface area contributed by atoms with Crippen LogP contribution in [0, 0.1) is 5.92 Å². The maximum absolute atomic E-state index is 12.2. The highest BCUT2D eigenvalue weighted by Gasteiger charge is 2.32. The van der Waals surface area contributed by atoms with E-state index in [0.717, 1.165) is 24.2 Å². The van der Waals surface area contributed by atoms with Gasteiger partial charge in [0.2, 0.25) is 0 Å². The first kappa shape index (κ1) is 14.4. The van der Waals surface area contributed by atoms with E-state index in [9.17, 15) is 9.59 Å². The van der Waals surface area contributed by atoms with E-state index >= 15 is 0 Å². The van der Waals surface area contributed by atoms with Gasteiger partial charge in [0.05, 0.1) is 5.92 Å². The van der Waals surface area contributed by atoms with Crippen LogP contribution in [0.1, 0.15) is 31.2 Å². The van der Waals surface area contributed by atoms with Crippen LogP contribution in [-0.4, -0.2) is 24.5 Å². The summed E-state index contributed by atoms with van der Waals surface area (Å²) in [7, 11) is 0. The molecule has 1 heterocycles. The molecule has 2 atom stereocenters. The fourth-order valence-electron chi connectivity index (χ4n) is 2.83. The molecule has 0 amide bonds. The van der Waals surface area contributed by atoms with Gasteiger partial charge in [0.25, 0.3) is 0 Å². The molecule has 1 aromatic rings. The summed E-state index contributed by atoms with van der Waals surface area (Å²) in [6, 6.07) is 5.38. The molecule has 0 radical (unpaired) electrons. The topological polar surface area (TPSA) is 52.6 Å². The third-order valence-corrected chi connectivity index (χ3v) is 4.25. The second kappa shape index (κ2) is 6.06. The van der Waals surface area contributed by atoms with Crippen molar-refractivity contribution >= 4 is 23.4 Å². The van der Waals surface area contributed by atoms with E-state index in [1.807, 2.05) is 12.1 Å². The molecule has 2 aliphatic rings. The van der Waals surface area contributed by atoms with E-state index < -0.39 is 6.10 Å². The van der Waals surface area contributed by atoms with Gasteiger partial charge in [-0.3, -0.25) is 9.59 Å². The number of ketones is 1. The minimum atomic E-state index is -0.563. The van der Waals surface area contributed by atoms with E-state index in [2.05, 4.69) is 0 Å². The Labute approximate surface area is 128 Å². The number of hydrogen-bond acceptors (Lipinski definition) is 4. The highest BCUT2D eigenvalue weighted by Crippen LogP contribution is 2.30. The van der Waals surface area contributed by atoms with Crippen molar-refractivity contribution in [3.05, 3.63) is 28.8 Å². The van der Waals surface area contributed by atoms with Crippen molar-refractivity contribution in [2.45, 2.75) is 38.2 Å². The van der Waals surface area contributed by atoms with Gasteiger partial charge in [-0.15, -0.1) is 0 Å². The zero-order valence-electron chi connectivity index (χ0n) is 11.6. The molecular formula is C16H17ClO4. The van der Waals surface area contributed by atoms with Crippen molar-refractivity contribution in [3.63, 3.8) is 0 Å². The van der Waals surface area contributed by atoms with Crippen molar-refractivity contribution < 1.29 is 19.1 Å². The molecule has 0 spiro atoms. The second-order valence-corrected chi connectivity index (χ2v) is 6.04. The summed E-state index contributed by atoms with van der Waals surface area (Å²) in [5.74, 6) is 0.0820. The lowest BCUT2D eigenvalue weighted by atomic mass is 9.95. The molecule has 1 saturated carbocycles. The van der Waals surface area contributed by atoms with Gasteiger partial charge < -0.3 is 9.47 Å². The predicted octanol–water partition coefficient (Wildman–Crippen LogP) is 2.95. The molecule has 112 valence electrons. The Morgan fingerprint density at radius 1 is 1.33 bits per heavy atom. The standard InChI is InChI=1S/C16H17ClO4/c17-12-5-6-14-10(8-12)7-11(9-20-14)16(19)21-15-4-2-1-3-13(15)18/h5-6,8,11,15H,1-4,7,9H2/t11-,15-/m1/s1. The Bertz CT molecular complexity index is 569. The summed E-state index contributed by atoms with van der Waals surface area (Å²) in [6.07, 6.45) is 2.95. The molecule has 1 aromatic carbocycles. The van der Waals surface area contributed by atoms with Crippen molar-refractivity contribution in [2.24, 2.45) is 5.92 Å². The highest BCUT2D eigenvalue weighted by atomic mass is 35.5. The van der Waals surface area contributed by atoms with Crippen molar-refractivity contribution in [3.8, 4) is 5.75 Å². The average molecular weight is 309 g/mol. The molecule has 0 aromatic heterocycles. The van der Waals surface area contributed by atoms with Gasteiger partial charge in [-0.1, -0.05) is 11.6 Å². The Hall–Kier alpha value is -1.55. The molecule has 1 aliphatic carbocycles. The van der Waals surface area contributed by atoms with Crippen LogP contribution in [0.25, 0.3) is 0 Å². The van der Waals surface area contributed by atoms with E-state index in [4.69, 9.17) is 21.1 Å². The zero-order chi connectivity index (χ0) is 14.8. The first-order chi connectivity index (χ1) is 10.1. The Kier molecular flexibility index (Phi) is 4.15. The van der Waals surface area contributed by atoms with Crippen molar-refractivity contribution in [1.82, 2.24) is 0 Å². The first-order valence-electron chi connectivity index (χ1n) is 7.28. The maximum atomic E-state index is 12.2. The van der Waals surface area contributed by atoms with Crippen LogP contribution < -0.4 is 4.74 Å². The molecule has 0 bridgehead atoms. The summed E-state index contributed by atoms with van der Waals surface area (Å²) >= 11 is 5.96. The van der Waals surface area contributed by atoms with Crippen LogP contribution in [0.3, 0.4) is 0 Å². The van der Waals surface area contributed by atoms with Gasteiger partial charge in [-0.25, -0.2) is 0 Å². The van der Waals surface area contributed by atoms with Crippen LogP contribution in [0.15, 0.2) is 18.2 Å². The summed E-state index contributed by atoms with van der Waals surface area (Å²) < 4.78 is 11.0. The second-order valence-electron chi connectivity index (χ2n) is 5.60. The Balaban J connectivity index is 1.65. The van der Waals surface area contributed by atoms with E-state index in [1.54, 1.807) is 6.07 Å². The number of esters is 1. The molecule has 5 heteroatoms. The highest BCUT2D eigenvalue weighted by molar-refractivity contribution is 6.30. The molecule has 1 fully saturated rings. The van der Waals surface area contributed by atoms with Crippen LogP contribution in [0.2, 0.25) is 5.02 Å². The normalized spacial score (nSPS) is 24.9. The fraction of sp³-hybridized carbons (Fsp3) is 0.500. The van der Waals surface area contributed by atoms with Gasteiger partial charge in [-0.2, -0.15) is 0 Å². The SMILES string of the molecule is O=C(O[C@@H]1CCCCC1=O)[C@H]1COc2ccc(Cl)cc2C1. The molecule has 0 unspecified atom stereocenters. The number of carbonyl (C=O) groups is 2. The predicted molar refractivity (Wildman–Crippen MR) is 77.5 cm³/mol. The molecule has 3 rings (SSSR count). The maximum Gasteiger partial charge on any atom is 0.313 e. The van der Waals surface area contributed by atoms with Crippen LogP contribution in [0.5, 0.6) is 5.75 Å². The minimum absolute atomic E-state index is 0.0368. The number of benzene rings is 1. The quantitative estimate of drug-likeness (QED) is 0.788. The van der Waals surface area contributed by atoms with Crippen LogP contribution >= 0.6 is 11.6 Å². The number of hydrogen-bond donors (Lipinski definition) is 0.